The van der Waals surface area contributed by atoms with E-state index in [9.17, 15) is 13.6 Å². The van der Waals surface area contributed by atoms with Crippen molar-refractivity contribution in [3.8, 4) is 0 Å². The fourth-order valence-corrected chi connectivity index (χ4v) is 1.05. The SMILES string of the molecule is N=CCNC/C(F)=C/CC[C@@](N)(CF)C(=O)O. The van der Waals surface area contributed by atoms with Gasteiger partial charge in [0.2, 0.25) is 0 Å². The molecule has 7 heteroatoms. The summed E-state index contributed by atoms with van der Waals surface area (Å²) >= 11 is 0. The van der Waals surface area contributed by atoms with Crippen molar-refractivity contribution in [1.82, 2.24) is 5.32 Å². The van der Waals surface area contributed by atoms with Gasteiger partial charge in [-0.15, -0.1) is 0 Å². The third-order valence-electron chi connectivity index (χ3n) is 2.16. The predicted molar refractivity (Wildman–Crippen MR) is 60.6 cm³/mol. The van der Waals surface area contributed by atoms with E-state index in [4.69, 9.17) is 16.2 Å². The maximum absolute atomic E-state index is 13.0. The number of carbonyl (C=O) groups is 1. The molecule has 0 rings (SSSR count). The molecular weight excluding hydrogens is 232 g/mol. The molecule has 1 atom stereocenters. The molecule has 0 aromatic carbocycles. The van der Waals surface area contributed by atoms with Crippen LogP contribution in [0.4, 0.5) is 8.78 Å². The van der Waals surface area contributed by atoms with Gasteiger partial charge in [0, 0.05) is 19.3 Å². The molecule has 5 nitrogen and oxygen atoms in total. The molecule has 5 N–H and O–H groups in total. The molecule has 0 aromatic rings. The lowest BCUT2D eigenvalue weighted by molar-refractivity contribution is -0.144. The van der Waals surface area contributed by atoms with E-state index < -0.39 is 24.0 Å². The van der Waals surface area contributed by atoms with E-state index in [0.29, 0.717) is 0 Å². The van der Waals surface area contributed by atoms with Crippen LogP contribution in [0.3, 0.4) is 0 Å². The Labute approximate surface area is 98.2 Å². The van der Waals surface area contributed by atoms with E-state index in [1.165, 1.54) is 0 Å². The van der Waals surface area contributed by atoms with Gasteiger partial charge in [-0.3, -0.25) is 4.79 Å². The molecule has 0 aliphatic heterocycles. The molecule has 0 unspecified atom stereocenters. The minimum absolute atomic E-state index is 0.0460. The normalized spacial score (nSPS) is 15.4. The summed E-state index contributed by atoms with van der Waals surface area (Å²) in [5, 5.41) is 18.0. The van der Waals surface area contributed by atoms with Crippen LogP contribution >= 0.6 is 0 Å². The lowest BCUT2D eigenvalue weighted by Gasteiger charge is -2.19. The van der Waals surface area contributed by atoms with Crippen LogP contribution < -0.4 is 11.1 Å². The maximum Gasteiger partial charge on any atom is 0.326 e. The quantitative estimate of drug-likeness (QED) is 0.355. The molecular formula is C10H17F2N3O2. The Balaban J connectivity index is 4.06. The van der Waals surface area contributed by atoms with Gasteiger partial charge >= 0.3 is 5.97 Å². The summed E-state index contributed by atoms with van der Waals surface area (Å²) in [4.78, 5) is 10.6. The number of rotatable bonds is 9. The summed E-state index contributed by atoms with van der Waals surface area (Å²) in [6, 6.07) is 0. The summed E-state index contributed by atoms with van der Waals surface area (Å²) in [5.41, 5.74) is 3.33. The van der Waals surface area contributed by atoms with Gasteiger partial charge in [-0.25, -0.2) is 8.78 Å². The Hall–Kier alpha value is -1.34. The van der Waals surface area contributed by atoms with Crippen LogP contribution in [0.2, 0.25) is 0 Å². The molecule has 0 amide bonds. The number of allylic oxidation sites excluding steroid dienone is 1. The van der Waals surface area contributed by atoms with Crippen molar-refractivity contribution < 1.29 is 18.7 Å². The molecule has 0 radical (unpaired) electrons. The van der Waals surface area contributed by atoms with Gasteiger partial charge in [-0.2, -0.15) is 0 Å². The molecule has 0 spiro atoms. The lowest BCUT2D eigenvalue weighted by Crippen LogP contribution is -2.49. The largest absolute Gasteiger partial charge is 0.480 e. The van der Waals surface area contributed by atoms with Gasteiger partial charge in [0.05, 0.1) is 0 Å². The molecule has 17 heavy (non-hydrogen) atoms. The van der Waals surface area contributed by atoms with Gasteiger partial charge in [0.15, 0.2) is 0 Å². The minimum Gasteiger partial charge on any atom is -0.480 e. The Morgan fingerprint density at radius 3 is 2.71 bits per heavy atom. The highest BCUT2D eigenvalue weighted by atomic mass is 19.1. The number of hydrogen-bond donors (Lipinski definition) is 4. The molecule has 98 valence electrons. The van der Waals surface area contributed by atoms with Crippen LogP contribution in [0.5, 0.6) is 0 Å². The number of halogens is 2. The monoisotopic (exact) mass is 249 g/mol. The summed E-state index contributed by atoms with van der Waals surface area (Å²) in [7, 11) is 0. The van der Waals surface area contributed by atoms with Crippen LogP contribution in [0, 0.1) is 5.41 Å². The van der Waals surface area contributed by atoms with Crippen molar-refractivity contribution in [1.29, 1.82) is 5.41 Å². The van der Waals surface area contributed by atoms with Crippen LogP contribution in [-0.2, 0) is 4.79 Å². The second-order valence-corrected chi connectivity index (χ2v) is 3.62. The van der Waals surface area contributed by atoms with Crippen LogP contribution in [-0.4, -0.2) is 42.6 Å². The van der Waals surface area contributed by atoms with Crippen molar-refractivity contribution in [2.45, 2.75) is 18.4 Å². The first kappa shape index (κ1) is 15.7. The van der Waals surface area contributed by atoms with Gasteiger partial charge in [-0.1, -0.05) is 6.08 Å². The number of carboxylic acids is 1. The summed E-state index contributed by atoms with van der Waals surface area (Å²) in [6.07, 6.45) is 2.13. The first-order valence-electron chi connectivity index (χ1n) is 5.08. The Bertz CT molecular complexity index is 297. The van der Waals surface area contributed by atoms with Crippen molar-refractivity contribution >= 4 is 12.2 Å². The van der Waals surface area contributed by atoms with Gasteiger partial charge in [-0.05, 0) is 12.8 Å². The molecule has 0 aliphatic rings. The van der Waals surface area contributed by atoms with Crippen molar-refractivity contribution in [3.05, 3.63) is 11.9 Å². The number of aliphatic carboxylic acids is 1. The summed E-state index contributed by atoms with van der Waals surface area (Å²) in [5.74, 6) is -1.92. The average Bonchev–Trinajstić information content (AvgIpc) is 2.29. The first-order valence-corrected chi connectivity index (χ1v) is 5.08. The standard InChI is InChI=1S/C10H17F2N3O2/c11-7-10(14,9(16)17)3-1-2-8(12)6-15-5-4-13/h2,4,13,15H,1,3,5-7,14H2,(H,16,17)/b8-2-,13-4?/t10-/m1/s1. The third kappa shape index (κ3) is 6.08. The summed E-state index contributed by atoms with van der Waals surface area (Å²) in [6.45, 7) is -0.985. The molecule has 0 aromatic heterocycles. The number of alkyl halides is 1. The molecule has 0 fully saturated rings. The number of nitrogens with two attached hydrogens (primary N) is 1. The number of nitrogens with one attached hydrogen (secondary N) is 2. The second kappa shape index (κ2) is 7.86. The molecule has 0 bridgehead atoms. The Kier molecular flexibility index (Phi) is 7.24. The molecule has 0 heterocycles. The van der Waals surface area contributed by atoms with Crippen molar-refractivity contribution in [2.75, 3.05) is 19.8 Å². The van der Waals surface area contributed by atoms with Crippen LogP contribution in [0.25, 0.3) is 0 Å². The van der Waals surface area contributed by atoms with Crippen LogP contribution in [0.1, 0.15) is 12.8 Å². The zero-order valence-electron chi connectivity index (χ0n) is 9.38. The van der Waals surface area contributed by atoms with Crippen molar-refractivity contribution in [3.63, 3.8) is 0 Å². The van der Waals surface area contributed by atoms with Gasteiger partial charge in [0.25, 0.3) is 0 Å². The lowest BCUT2D eigenvalue weighted by atomic mass is 9.96. The number of carboxylic acid groups (broad SMARTS) is 1. The second-order valence-electron chi connectivity index (χ2n) is 3.62. The molecule has 0 saturated carbocycles. The fraction of sp³-hybridized carbons (Fsp3) is 0.600. The zero-order valence-corrected chi connectivity index (χ0v) is 9.38. The van der Waals surface area contributed by atoms with E-state index in [1.807, 2.05) is 0 Å². The van der Waals surface area contributed by atoms with E-state index in [-0.39, 0.29) is 25.9 Å². The van der Waals surface area contributed by atoms with E-state index in [1.54, 1.807) is 0 Å². The minimum atomic E-state index is -1.95. The Morgan fingerprint density at radius 1 is 1.59 bits per heavy atom. The Morgan fingerprint density at radius 2 is 2.24 bits per heavy atom. The van der Waals surface area contributed by atoms with Gasteiger partial charge < -0.3 is 21.6 Å². The first-order chi connectivity index (χ1) is 7.96. The highest BCUT2D eigenvalue weighted by molar-refractivity contribution is 5.78. The van der Waals surface area contributed by atoms with E-state index >= 15 is 0 Å². The maximum atomic E-state index is 13.0. The van der Waals surface area contributed by atoms with Crippen LogP contribution in [0.15, 0.2) is 11.9 Å². The topological polar surface area (TPSA) is 99.2 Å². The average molecular weight is 249 g/mol. The molecule has 0 saturated heterocycles. The third-order valence-corrected chi connectivity index (χ3v) is 2.16. The van der Waals surface area contributed by atoms with Crippen molar-refractivity contribution in [2.24, 2.45) is 5.73 Å². The highest BCUT2D eigenvalue weighted by Gasteiger charge is 2.33. The smallest absolute Gasteiger partial charge is 0.326 e. The van der Waals surface area contributed by atoms with Gasteiger partial charge in [0.1, 0.15) is 18.0 Å². The van der Waals surface area contributed by atoms with E-state index in [0.717, 1.165) is 12.3 Å². The zero-order chi connectivity index (χ0) is 13.3. The fourth-order valence-electron chi connectivity index (χ4n) is 1.05. The summed E-state index contributed by atoms with van der Waals surface area (Å²) < 4.78 is 25.5. The van der Waals surface area contributed by atoms with E-state index in [2.05, 4.69) is 5.32 Å². The highest BCUT2D eigenvalue weighted by Crippen LogP contribution is 2.12. The number of hydrogen-bond acceptors (Lipinski definition) is 4. The molecule has 0 aliphatic carbocycles. The predicted octanol–water partition coefficient (Wildman–Crippen LogP) is 0.611.